The molecular weight excluding hydrogens is 270 g/mol. The molecule has 82 valence electrons. The quantitative estimate of drug-likeness (QED) is 0.859. The van der Waals surface area contributed by atoms with E-state index in [-0.39, 0.29) is 0 Å². The lowest BCUT2D eigenvalue weighted by Crippen LogP contribution is -1.96. The predicted molar refractivity (Wildman–Crippen MR) is 65.4 cm³/mol. The first kappa shape index (κ1) is 10.9. The number of aromatic nitrogens is 2. The van der Waals surface area contributed by atoms with Gasteiger partial charge in [-0.3, -0.25) is 4.98 Å². The van der Waals surface area contributed by atoms with E-state index >= 15 is 0 Å². The molecule has 0 fully saturated rings. The second kappa shape index (κ2) is 4.49. The van der Waals surface area contributed by atoms with Gasteiger partial charge in [0.2, 0.25) is 5.88 Å². The van der Waals surface area contributed by atoms with Crippen LogP contribution >= 0.6 is 15.9 Å². The number of nitrogens with two attached hydrogens (primary N) is 1. The minimum absolute atomic E-state index is 0.430. The summed E-state index contributed by atoms with van der Waals surface area (Å²) in [5.74, 6) is 1.04. The highest BCUT2D eigenvalue weighted by molar-refractivity contribution is 9.10. The molecule has 0 aliphatic rings. The Balaban J connectivity index is 2.35. The molecule has 1 aromatic carbocycles. The Bertz CT molecular complexity index is 479. The molecule has 0 aliphatic carbocycles. The second-order valence-corrected chi connectivity index (χ2v) is 4.20. The lowest BCUT2D eigenvalue weighted by Gasteiger charge is -2.10. The van der Waals surface area contributed by atoms with Crippen molar-refractivity contribution in [3.8, 4) is 11.6 Å². The molecule has 4 nitrogen and oxygen atoms in total. The molecular formula is C11H10BrN3O. The van der Waals surface area contributed by atoms with Crippen molar-refractivity contribution >= 4 is 21.6 Å². The van der Waals surface area contributed by atoms with Gasteiger partial charge in [-0.05, 0) is 24.6 Å². The fourth-order valence-electron chi connectivity index (χ4n) is 1.34. The Morgan fingerprint density at radius 3 is 2.75 bits per heavy atom. The summed E-state index contributed by atoms with van der Waals surface area (Å²) in [5, 5.41) is 0. The van der Waals surface area contributed by atoms with Crippen molar-refractivity contribution in [1.82, 2.24) is 9.97 Å². The molecule has 0 aliphatic heterocycles. The molecule has 0 saturated heterocycles. The second-order valence-electron chi connectivity index (χ2n) is 3.29. The Kier molecular flexibility index (Phi) is 3.05. The summed E-state index contributed by atoms with van der Waals surface area (Å²) < 4.78 is 6.50. The van der Waals surface area contributed by atoms with E-state index in [0.29, 0.717) is 17.3 Å². The van der Waals surface area contributed by atoms with Crippen LogP contribution in [0.15, 0.2) is 35.2 Å². The maximum atomic E-state index is 5.87. The molecule has 0 radical (unpaired) electrons. The molecule has 0 saturated carbocycles. The van der Waals surface area contributed by atoms with Crippen LogP contribution in [0.2, 0.25) is 0 Å². The molecule has 2 N–H and O–H groups in total. The Morgan fingerprint density at radius 2 is 2.12 bits per heavy atom. The van der Waals surface area contributed by atoms with E-state index in [1.54, 1.807) is 24.7 Å². The number of nitrogen functional groups attached to an aromatic ring is 1. The van der Waals surface area contributed by atoms with Crippen molar-refractivity contribution < 1.29 is 4.74 Å². The molecule has 1 aromatic heterocycles. The SMILES string of the molecule is Cc1cc(Br)cc(N)c1Oc1cnccn1. The van der Waals surface area contributed by atoms with Gasteiger partial charge >= 0.3 is 0 Å². The molecule has 0 spiro atoms. The molecule has 2 aromatic rings. The van der Waals surface area contributed by atoms with Gasteiger partial charge in [-0.1, -0.05) is 15.9 Å². The molecule has 1 heterocycles. The van der Waals surface area contributed by atoms with Crippen LogP contribution in [-0.2, 0) is 0 Å². The number of benzene rings is 1. The Morgan fingerprint density at radius 1 is 1.31 bits per heavy atom. The van der Waals surface area contributed by atoms with Crippen molar-refractivity contribution in [2.75, 3.05) is 5.73 Å². The molecule has 5 heteroatoms. The smallest absolute Gasteiger partial charge is 0.237 e. The number of aryl methyl sites for hydroxylation is 1. The highest BCUT2D eigenvalue weighted by Gasteiger charge is 2.08. The molecule has 16 heavy (non-hydrogen) atoms. The summed E-state index contributed by atoms with van der Waals surface area (Å²) >= 11 is 3.37. The summed E-state index contributed by atoms with van der Waals surface area (Å²) in [6.07, 6.45) is 4.70. The van der Waals surface area contributed by atoms with Crippen LogP contribution in [0.1, 0.15) is 5.56 Å². The van der Waals surface area contributed by atoms with Crippen molar-refractivity contribution in [3.63, 3.8) is 0 Å². The zero-order valence-corrected chi connectivity index (χ0v) is 10.2. The average molecular weight is 280 g/mol. The molecule has 0 atom stereocenters. The van der Waals surface area contributed by atoms with Crippen LogP contribution < -0.4 is 10.5 Å². The number of anilines is 1. The van der Waals surface area contributed by atoms with Crippen LogP contribution in [0.3, 0.4) is 0 Å². The minimum Gasteiger partial charge on any atom is -0.435 e. The zero-order chi connectivity index (χ0) is 11.5. The number of hydrogen-bond donors (Lipinski definition) is 1. The summed E-state index contributed by atoms with van der Waals surface area (Å²) in [6.45, 7) is 1.92. The van der Waals surface area contributed by atoms with Gasteiger partial charge in [-0.2, -0.15) is 0 Å². The van der Waals surface area contributed by atoms with Crippen molar-refractivity contribution in [2.45, 2.75) is 6.92 Å². The van der Waals surface area contributed by atoms with Crippen LogP contribution in [0.4, 0.5) is 5.69 Å². The van der Waals surface area contributed by atoms with Crippen LogP contribution in [0, 0.1) is 6.92 Å². The molecule has 0 bridgehead atoms. The third-order valence-corrected chi connectivity index (χ3v) is 2.47. The van der Waals surface area contributed by atoms with E-state index in [1.807, 2.05) is 13.0 Å². The molecule has 0 amide bonds. The van der Waals surface area contributed by atoms with Crippen LogP contribution in [-0.4, -0.2) is 9.97 Å². The highest BCUT2D eigenvalue weighted by Crippen LogP contribution is 2.32. The van der Waals surface area contributed by atoms with Gasteiger partial charge in [0.25, 0.3) is 0 Å². The number of rotatable bonds is 2. The van der Waals surface area contributed by atoms with E-state index in [1.165, 1.54) is 0 Å². The predicted octanol–water partition coefficient (Wildman–Crippen LogP) is 2.92. The monoisotopic (exact) mass is 279 g/mol. The van der Waals surface area contributed by atoms with Gasteiger partial charge in [-0.25, -0.2) is 4.98 Å². The van der Waals surface area contributed by atoms with E-state index in [0.717, 1.165) is 10.0 Å². The lowest BCUT2D eigenvalue weighted by atomic mass is 10.2. The first-order valence-corrected chi connectivity index (χ1v) is 5.45. The summed E-state index contributed by atoms with van der Waals surface area (Å²) in [5.41, 5.74) is 7.38. The number of hydrogen-bond acceptors (Lipinski definition) is 4. The van der Waals surface area contributed by atoms with Gasteiger partial charge in [-0.15, -0.1) is 0 Å². The average Bonchev–Trinajstić information content (AvgIpc) is 2.25. The largest absolute Gasteiger partial charge is 0.435 e. The van der Waals surface area contributed by atoms with Gasteiger partial charge < -0.3 is 10.5 Å². The highest BCUT2D eigenvalue weighted by atomic mass is 79.9. The normalized spacial score (nSPS) is 10.1. The number of nitrogens with zero attached hydrogens (tertiary/aromatic N) is 2. The van der Waals surface area contributed by atoms with Crippen molar-refractivity contribution in [2.24, 2.45) is 0 Å². The standard InChI is InChI=1S/C11H10BrN3O/c1-7-4-8(12)5-9(13)11(7)16-10-6-14-2-3-15-10/h2-6H,13H2,1H3. The fraction of sp³-hybridized carbons (Fsp3) is 0.0909. The topological polar surface area (TPSA) is 61.0 Å². The summed E-state index contributed by atoms with van der Waals surface area (Å²) in [4.78, 5) is 7.95. The van der Waals surface area contributed by atoms with E-state index in [2.05, 4.69) is 25.9 Å². The number of ether oxygens (including phenoxy) is 1. The molecule has 2 rings (SSSR count). The van der Waals surface area contributed by atoms with Crippen LogP contribution in [0.25, 0.3) is 0 Å². The Hall–Kier alpha value is -1.62. The maximum absolute atomic E-state index is 5.87. The maximum Gasteiger partial charge on any atom is 0.237 e. The molecule has 0 unspecified atom stereocenters. The third kappa shape index (κ3) is 2.30. The third-order valence-electron chi connectivity index (χ3n) is 2.01. The van der Waals surface area contributed by atoms with E-state index < -0.39 is 0 Å². The van der Waals surface area contributed by atoms with Crippen LogP contribution in [0.5, 0.6) is 11.6 Å². The lowest BCUT2D eigenvalue weighted by molar-refractivity contribution is 0.459. The first-order valence-electron chi connectivity index (χ1n) is 4.66. The van der Waals surface area contributed by atoms with Crippen molar-refractivity contribution in [3.05, 3.63) is 40.8 Å². The fourth-order valence-corrected chi connectivity index (χ4v) is 1.93. The van der Waals surface area contributed by atoms with Gasteiger partial charge in [0, 0.05) is 16.9 Å². The summed E-state index contributed by atoms with van der Waals surface area (Å²) in [7, 11) is 0. The first-order chi connectivity index (χ1) is 7.66. The zero-order valence-electron chi connectivity index (χ0n) is 8.64. The van der Waals surface area contributed by atoms with Crippen molar-refractivity contribution in [1.29, 1.82) is 0 Å². The van der Waals surface area contributed by atoms with E-state index in [9.17, 15) is 0 Å². The van der Waals surface area contributed by atoms with Gasteiger partial charge in [0.1, 0.15) is 0 Å². The summed E-state index contributed by atoms with van der Waals surface area (Å²) in [6, 6.07) is 3.72. The van der Waals surface area contributed by atoms with E-state index in [4.69, 9.17) is 10.5 Å². The minimum atomic E-state index is 0.430. The number of halogens is 1. The van der Waals surface area contributed by atoms with Gasteiger partial charge in [0.05, 0.1) is 11.9 Å². The Labute approximate surface area is 102 Å². The van der Waals surface area contributed by atoms with Gasteiger partial charge in [0.15, 0.2) is 5.75 Å².